The van der Waals surface area contributed by atoms with E-state index in [1.807, 2.05) is 13.0 Å². The number of hydrogen-bond acceptors (Lipinski definition) is 8. The molecule has 2 bridgehead atoms. The number of benzene rings is 1. The first-order valence-electron chi connectivity index (χ1n) is 12.5. The van der Waals surface area contributed by atoms with Crippen molar-refractivity contribution < 1.29 is 42.7 Å². The van der Waals surface area contributed by atoms with Gasteiger partial charge < -0.3 is 39.6 Å². The molecule has 38 heavy (non-hydrogen) atoms. The molecule has 0 spiro atoms. The lowest BCUT2D eigenvalue weighted by molar-refractivity contribution is -0.211. The van der Waals surface area contributed by atoms with Gasteiger partial charge in [0.05, 0.1) is 12.2 Å². The van der Waals surface area contributed by atoms with Gasteiger partial charge in [-0.05, 0) is 82.1 Å². The Morgan fingerprint density at radius 1 is 1.11 bits per heavy atom. The lowest BCUT2D eigenvalue weighted by atomic mass is 9.98. The second kappa shape index (κ2) is 15.0. The number of nitrogens with two attached hydrogens (primary N) is 1. The Bertz CT molecular complexity index is 1070. The van der Waals surface area contributed by atoms with Crippen LogP contribution >= 0.6 is 7.82 Å². The van der Waals surface area contributed by atoms with Crippen molar-refractivity contribution in [3.63, 3.8) is 0 Å². The van der Waals surface area contributed by atoms with Gasteiger partial charge in [0, 0.05) is 31.5 Å². The molecule has 0 aromatic heterocycles. The van der Waals surface area contributed by atoms with E-state index in [-0.39, 0.29) is 11.9 Å². The lowest BCUT2D eigenvalue weighted by Gasteiger charge is -2.26. The van der Waals surface area contributed by atoms with Crippen LogP contribution in [-0.2, 0) is 30.0 Å². The Kier molecular flexibility index (Phi) is 12.5. The van der Waals surface area contributed by atoms with Gasteiger partial charge in [-0.25, -0.2) is 4.79 Å². The van der Waals surface area contributed by atoms with E-state index in [2.05, 4.69) is 9.84 Å². The van der Waals surface area contributed by atoms with E-state index in [4.69, 9.17) is 24.8 Å². The van der Waals surface area contributed by atoms with E-state index < -0.39 is 32.0 Å². The van der Waals surface area contributed by atoms with Crippen LogP contribution in [0.3, 0.4) is 0 Å². The summed E-state index contributed by atoms with van der Waals surface area (Å²) >= 11 is 0. The fraction of sp³-hybridized carbons (Fsp3) is 0.538. The zero-order chi connectivity index (χ0) is 28.3. The van der Waals surface area contributed by atoms with E-state index in [1.165, 1.54) is 19.2 Å². The fourth-order valence-corrected chi connectivity index (χ4v) is 4.73. The predicted octanol–water partition coefficient (Wildman–Crippen LogP) is 3.75. The largest absolute Gasteiger partial charge is 0.746 e. The summed E-state index contributed by atoms with van der Waals surface area (Å²) in [7, 11) is -1.87. The molecule has 0 aliphatic carbocycles. The maximum atomic E-state index is 12.8. The number of aryl methyl sites for hydroxylation is 1. The quantitative estimate of drug-likeness (QED) is 0.363. The van der Waals surface area contributed by atoms with Crippen LogP contribution in [0, 0.1) is 0 Å². The molecular weight excluding hydrogens is 515 g/mol. The van der Waals surface area contributed by atoms with Crippen molar-refractivity contribution in [1.29, 1.82) is 0 Å². The van der Waals surface area contributed by atoms with Gasteiger partial charge in [-0.3, -0.25) is 9.36 Å². The molecule has 0 fully saturated rings. The lowest BCUT2D eigenvalue weighted by Crippen LogP contribution is -2.35. The summed E-state index contributed by atoms with van der Waals surface area (Å²) < 4.78 is 32.6. The zero-order valence-electron chi connectivity index (χ0n) is 22.3. The second-order valence-electron chi connectivity index (χ2n) is 9.25. The summed E-state index contributed by atoms with van der Waals surface area (Å²) in [4.78, 5) is 44.9. The molecule has 1 aliphatic rings. The number of phosphoric ester groups is 1. The number of hydrogen-bond donors (Lipinski definition) is 3. The van der Waals surface area contributed by atoms with E-state index in [0.717, 1.165) is 24.0 Å². The summed E-state index contributed by atoms with van der Waals surface area (Å²) in [5.41, 5.74) is 7.61. The highest BCUT2D eigenvalue weighted by molar-refractivity contribution is 7.45. The Balaban J connectivity index is 2.37. The molecule has 12 heteroatoms. The molecular formula is C26H38N2O9P-. The highest BCUT2D eigenvalue weighted by Crippen LogP contribution is 2.35. The maximum Gasteiger partial charge on any atom is 0.405 e. The standard InChI is InChI=1S/C26H39N2O9P/c1-17-8-5-11-21(34-3)12-7-10-19-14-20(16-22(15-19)37-38(31,32)33)28-25(29)18(2)9-6-13-23(35-4)24(17)36-26(27)30/h8-9,14-16,21,23-24H,5-7,10-13H2,1-4H3,(H2,27,30)(H,28,29)(H2,31,32,33)/p-1/b17-8+,18-9+/t21-,23+,24+/m1/s1. The minimum absolute atomic E-state index is 0.0420. The topological polar surface area (TPSA) is 169 Å². The van der Waals surface area contributed by atoms with Crippen LogP contribution in [0.15, 0.2) is 41.5 Å². The van der Waals surface area contributed by atoms with Crippen LogP contribution in [0.5, 0.6) is 5.75 Å². The Hall–Kier alpha value is -2.69. The fourth-order valence-electron chi connectivity index (χ4n) is 4.36. The van der Waals surface area contributed by atoms with Gasteiger partial charge in [-0.15, -0.1) is 0 Å². The number of fused-ring (bicyclic) bond motifs is 2. The molecule has 2 rings (SSSR count). The van der Waals surface area contributed by atoms with E-state index >= 15 is 0 Å². The first kappa shape index (κ1) is 31.5. The van der Waals surface area contributed by atoms with Gasteiger partial charge in [-0.1, -0.05) is 12.2 Å². The molecule has 212 valence electrons. The van der Waals surface area contributed by atoms with Crippen LogP contribution in [0.1, 0.15) is 57.9 Å². The van der Waals surface area contributed by atoms with Crippen LogP contribution in [0.25, 0.3) is 0 Å². The highest BCUT2D eigenvalue weighted by atomic mass is 31.2. The summed E-state index contributed by atoms with van der Waals surface area (Å²) in [6.45, 7) is 3.51. The normalized spacial score (nSPS) is 26.6. The molecule has 0 radical (unpaired) electrons. The number of amides is 2. The Labute approximate surface area is 223 Å². The Morgan fingerprint density at radius 3 is 2.45 bits per heavy atom. The number of allylic oxidation sites excluding steroid dienone is 2. The molecule has 2 amide bonds. The highest BCUT2D eigenvalue weighted by Gasteiger charge is 2.26. The number of ether oxygens (including phenoxy) is 3. The molecule has 1 aliphatic heterocycles. The third kappa shape index (κ3) is 11.0. The van der Waals surface area contributed by atoms with Gasteiger partial charge in [0.15, 0.2) is 6.10 Å². The van der Waals surface area contributed by atoms with Crippen molar-refractivity contribution in [2.75, 3.05) is 19.5 Å². The van der Waals surface area contributed by atoms with Crippen LogP contribution in [0.4, 0.5) is 10.5 Å². The van der Waals surface area contributed by atoms with Gasteiger partial charge >= 0.3 is 13.9 Å². The molecule has 0 saturated heterocycles. The number of anilines is 1. The van der Waals surface area contributed by atoms with Crippen molar-refractivity contribution in [2.24, 2.45) is 5.73 Å². The van der Waals surface area contributed by atoms with Gasteiger partial charge in [-0.2, -0.15) is 0 Å². The van der Waals surface area contributed by atoms with Gasteiger partial charge in [0.25, 0.3) is 5.91 Å². The monoisotopic (exact) mass is 553 g/mol. The zero-order valence-corrected chi connectivity index (χ0v) is 23.2. The maximum absolute atomic E-state index is 12.8. The number of nitrogens with one attached hydrogen (secondary N) is 1. The minimum Gasteiger partial charge on any atom is -0.746 e. The summed E-state index contributed by atoms with van der Waals surface area (Å²) in [6.07, 6.45) is 5.93. The summed E-state index contributed by atoms with van der Waals surface area (Å²) in [5.74, 6) is -0.492. The number of carbonyl (C=O) groups is 2. The minimum atomic E-state index is -5.03. The van der Waals surface area contributed by atoms with Crippen LogP contribution < -0.4 is 20.5 Å². The molecule has 4 atom stereocenters. The van der Waals surface area contributed by atoms with Crippen molar-refractivity contribution in [1.82, 2.24) is 0 Å². The number of primary amides is 1. The third-order valence-electron chi connectivity index (χ3n) is 6.32. The molecule has 0 saturated carbocycles. The Morgan fingerprint density at radius 2 is 1.82 bits per heavy atom. The smallest absolute Gasteiger partial charge is 0.405 e. The molecule has 1 heterocycles. The number of phosphoric acid groups is 1. The van der Waals surface area contributed by atoms with E-state index in [1.54, 1.807) is 26.2 Å². The van der Waals surface area contributed by atoms with Crippen molar-refractivity contribution in [2.45, 2.75) is 77.1 Å². The average molecular weight is 554 g/mol. The summed E-state index contributed by atoms with van der Waals surface area (Å²) in [6, 6.07) is 4.58. The summed E-state index contributed by atoms with van der Waals surface area (Å²) in [5, 5.41) is 2.75. The number of methoxy groups -OCH3 is 2. The van der Waals surface area contributed by atoms with Crippen molar-refractivity contribution >= 4 is 25.5 Å². The van der Waals surface area contributed by atoms with Gasteiger partial charge in [0.2, 0.25) is 0 Å². The molecule has 1 aromatic rings. The van der Waals surface area contributed by atoms with Crippen molar-refractivity contribution in [3.05, 3.63) is 47.1 Å². The molecule has 4 N–H and O–H groups in total. The molecule has 11 nitrogen and oxygen atoms in total. The van der Waals surface area contributed by atoms with E-state index in [0.29, 0.717) is 43.4 Å². The third-order valence-corrected chi connectivity index (χ3v) is 6.76. The predicted molar refractivity (Wildman–Crippen MR) is 140 cm³/mol. The number of rotatable bonds is 5. The molecule has 1 aromatic carbocycles. The van der Waals surface area contributed by atoms with Gasteiger partial charge in [0.1, 0.15) is 5.75 Å². The van der Waals surface area contributed by atoms with E-state index in [9.17, 15) is 19.0 Å². The first-order chi connectivity index (χ1) is 17.9. The first-order valence-corrected chi connectivity index (χ1v) is 13.9. The van der Waals surface area contributed by atoms with Crippen LogP contribution in [-0.4, -0.2) is 49.4 Å². The number of carbonyl (C=O) groups excluding carboxylic acids is 2. The molecule has 1 unspecified atom stereocenters. The van der Waals surface area contributed by atoms with Crippen molar-refractivity contribution in [3.8, 4) is 5.75 Å². The second-order valence-corrected chi connectivity index (χ2v) is 10.4. The van der Waals surface area contributed by atoms with Crippen LogP contribution in [0.2, 0.25) is 0 Å². The SMILES string of the molecule is CO[C@@H]1CC/C=C(\C)[C@H](OC(N)=O)[C@@H](OC)CC/C=C(\C)C(=O)Nc2cc(cc(OP(=O)([O-])O)c2)CCC1. The average Bonchev–Trinajstić information content (AvgIpc) is 2.82.